The van der Waals surface area contributed by atoms with Gasteiger partial charge in [0.05, 0.1) is 11.2 Å². The zero-order chi connectivity index (χ0) is 18.2. The predicted molar refractivity (Wildman–Crippen MR) is 109 cm³/mol. The highest BCUT2D eigenvalue weighted by molar-refractivity contribution is 7.99. The monoisotopic (exact) mass is 362 g/mol. The van der Waals surface area contributed by atoms with E-state index in [2.05, 4.69) is 69.8 Å². The van der Waals surface area contributed by atoms with E-state index in [-0.39, 0.29) is 18.3 Å². The van der Waals surface area contributed by atoms with Crippen LogP contribution in [0.3, 0.4) is 0 Å². The molecule has 0 spiro atoms. The average molecular weight is 362 g/mol. The molecule has 0 N–H and O–H groups in total. The smallest absolute Gasteiger partial charge is 0.399 e. The van der Waals surface area contributed by atoms with Crippen LogP contribution in [0.1, 0.15) is 33.3 Å². The van der Waals surface area contributed by atoms with E-state index >= 15 is 0 Å². The van der Waals surface area contributed by atoms with E-state index in [0.717, 1.165) is 25.1 Å². The van der Waals surface area contributed by atoms with Crippen molar-refractivity contribution in [3.05, 3.63) is 23.8 Å². The van der Waals surface area contributed by atoms with Crippen molar-refractivity contribution in [1.82, 2.24) is 4.90 Å². The molecule has 0 saturated carbocycles. The predicted octanol–water partition coefficient (Wildman–Crippen LogP) is 2.60. The first-order valence-corrected chi connectivity index (χ1v) is 10.3. The van der Waals surface area contributed by atoms with Gasteiger partial charge in [0, 0.05) is 36.8 Å². The first-order chi connectivity index (χ1) is 11.7. The molecular weight excluding hydrogens is 331 g/mol. The maximum absolute atomic E-state index is 6.24. The van der Waals surface area contributed by atoms with Crippen LogP contribution in [0.2, 0.25) is 0 Å². The molecule has 2 aliphatic heterocycles. The zero-order valence-corrected chi connectivity index (χ0v) is 17.3. The maximum atomic E-state index is 6.24. The topological polar surface area (TPSA) is 24.9 Å². The summed E-state index contributed by atoms with van der Waals surface area (Å²) >= 11 is 2.04. The van der Waals surface area contributed by atoms with Gasteiger partial charge >= 0.3 is 7.12 Å². The van der Waals surface area contributed by atoms with Gasteiger partial charge in [0.1, 0.15) is 0 Å². The third-order valence-electron chi connectivity index (χ3n) is 5.47. The van der Waals surface area contributed by atoms with Crippen LogP contribution < -0.4 is 10.4 Å². The van der Waals surface area contributed by atoms with Crippen molar-refractivity contribution in [1.29, 1.82) is 0 Å². The number of benzene rings is 1. The minimum Gasteiger partial charge on any atom is -0.399 e. The van der Waals surface area contributed by atoms with Gasteiger partial charge in [-0.15, -0.1) is 0 Å². The van der Waals surface area contributed by atoms with Crippen LogP contribution in [0.4, 0.5) is 5.69 Å². The van der Waals surface area contributed by atoms with Crippen LogP contribution in [0.15, 0.2) is 18.2 Å². The molecule has 4 nitrogen and oxygen atoms in total. The number of hydrogen-bond acceptors (Lipinski definition) is 5. The molecule has 0 atom stereocenters. The van der Waals surface area contributed by atoms with Crippen LogP contribution in [-0.4, -0.2) is 61.9 Å². The van der Waals surface area contributed by atoms with Gasteiger partial charge in [0.2, 0.25) is 0 Å². The number of rotatable bonds is 4. The van der Waals surface area contributed by atoms with E-state index in [1.165, 1.54) is 22.8 Å². The van der Waals surface area contributed by atoms with Crippen LogP contribution in [-0.2, 0) is 15.9 Å². The molecule has 0 unspecified atom stereocenters. The summed E-state index contributed by atoms with van der Waals surface area (Å²) in [6, 6.07) is 6.72. The van der Waals surface area contributed by atoms with E-state index in [9.17, 15) is 0 Å². The number of thioether (sulfide) groups is 1. The molecule has 2 saturated heterocycles. The summed E-state index contributed by atoms with van der Waals surface area (Å²) in [7, 11) is 3.95. The van der Waals surface area contributed by atoms with Gasteiger partial charge in [-0.05, 0) is 58.9 Å². The van der Waals surface area contributed by atoms with Crippen molar-refractivity contribution in [3.8, 4) is 0 Å². The van der Waals surface area contributed by atoms with Gasteiger partial charge in [-0.25, -0.2) is 0 Å². The normalized spacial score (nSPS) is 22.7. The fourth-order valence-corrected chi connectivity index (χ4v) is 4.21. The number of hydrogen-bond donors (Lipinski definition) is 0. The lowest BCUT2D eigenvalue weighted by molar-refractivity contribution is 0.00578. The molecule has 138 valence electrons. The third-order valence-corrected chi connectivity index (χ3v) is 6.41. The molecule has 0 amide bonds. The standard InChI is InChI=1S/C19H31BN2O2S/c1-18(2)19(3,4)24-20(23-18)16-7-8-17(15(13-16)14-21(5)6)22-9-11-25-12-10-22/h7-8,13H,9-12,14H2,1-6H3. The lowest BCUT2D eigenvalue weighted by atomic mass is 9.78. The van der Waals surface area contributed by atoms with Crippen LogP contribution in [0.5, 0.6) is 0 Å². The summed E-state index contributed by atoms with van der Waals surface area (Å²) in [5.41, 5.74) is 3.22. The second-order valence-electron chi connectivity index (χ2n) is 8.31. The van der Waals surface area contributed by atoms with Crippen LogP contribution in [0.25, 0.3) is 0 Å². The molecule has 2 fully saturated rings. The molecule has 0 radical (unpaired) electrons. The summed E-state index contributed by atoms with van der Waals surface area (Å²) in [4.78, 5) is 4.74. The fourth-order valence-electron chi connectivity index (χ4n) is 3.31. The number of anilines is 1. The Morgan fingerprint density at radius 3 is 2.24 bits per heavy atom. The second kappa shape index (κ2) is 7.14. The lowest BCUT2D eigenvalue weighted by Gasteiger charge is -2.32. The lowest BCUT2D eigenvalue weighted by Crippen LogP contribution is -2.41. The summed E-state index contributed by atoms with van der Waals surface area (Å²) in [6.45, 7) is 11.6. The van der Waals surface area contributed by atoms with E-state index in [0.29, 0.717) is 0 Å². The third kappa shape index (κ3) is 4.02. The summed E-state index contributed by atoms with van der Waals surface area (Å²) in [6.07, 6.45) is 0. The van der Waals surface area contributed by atoms with Crippen molar-refractivity contribution >= 4 is 30.0 Å². The summed E-state index contributed by atoms with van der Waals surface area (Å²) in [5.74, 6) is 2.42. The van der Waals surface area contributed by atoms with E-state index in [1.807, 2.05) is 11.8 Å². The minimum absolute atomic E-state index is 0.295. The number of nitrogens with zero attached hydrogens (tertiary/aromatic N) is 2. The van der Waals surface area contributed by atoms with Crippen molar-refractivity contribution in [2.24, 2.45) is 0 Å². The van der Waals surface area contributed by atoms with Crippen molar-refractivity contribution in [2.45, 2.75) is 45.4 Å². The molecule has 0 aromatic heterocycles. The molecule has 25 heavy (non-hydrogen) atoms. The highest BCUT2D eigenvalue weighted by Gasteiger charge is 2.51. The van der Waals surface area contributed by atoms with E-state index < -0.39 is 0 Å². The Morgan fingerprint density at radius 1 is 1.08 bits per heavy atom. The molecule has 0 bridgehead atoms. The van der Waals surface area contributed by atoms with Gasteiger partial charge in [-0.2, -0.15) is 11.8 Å². The molecule has 3 rings (SSSR count). The van der Waals surface area contributed by atoms with Gasteiger partial charge < -0.3 is 19.1 Å². The van der Waals surface area contributed by atoms with Gasteiger partial charge in [0.15, 0.2) is 0 Å². The van der Waals surface area contributed by atoms with Gasteiger partial charge in [-0.3, -0.25) is 0 Å². The Balaban J connectivity index is 1.89. The largest absolute Gasteiger partial charge is 0.494 e. The summed E-state index contributed by atoms with van der Waals surface area (Å²) < 4.78 is 12.5. The molecule has 2 aliphatic rings. The van der Waals surface area contributed by atoms with Crippen molar-refractivity contribution < 1.29 is 9.31 Å². The Labute approximate surface area is 157 Å². The van der Waals surface area contributed by atoms with Crippen LogP contribution >= 0.6 is 11.8 Å². The molecular formula is C19H31BN2O2S. The quantitative estimate of drug-likeness (QED) is 0.767. The molecule has 0 aliphatic carbocycles. The molecule has 2 heterocycles. The molecule has 1 aromatic rings. The molecule has 1 aromatic carbocycles. The minimum atomic E-state index is -0.303. The Kier molecular flexibility index (Phi) is 5.45. The Hall–Kier alpha value is -0.685. The van der Waals surface area contributed by atoms with E-state index in [4.69, 9.17) is 9.31 Å². The second-order valence-corrected chi connectivity index (χ2v) is 9.54. The van der Waals surface area contributed by atoms with Crippen molar-refractivity contribution in [2.75, 3.05) is 43.6 Å². The van der Waals surface area contributed by atoms with Crippen molar-refractivity contribution in [3.63, 3.8) is 0 Å². The highest BCUT2D eigenvalue weighted by Crippen LogP contribution is 2.36. The Morgan fingerprint density at radius 2 is 1.68 bits per heavy atom. The maximum Gasteiger partial charge on any atom is 0.494 e. The Bertz CT molecular complexity index is 599. The van der Waals surface area contributed by atoms with Gasteiger partial charge in [-0.1, -0.05) is 12.1 Å². The SMILES string of the molecule is CN(C)Cc1cc(B2OC(C)(C)C(C)(C)O2)ccc1N1CCSCC1. The van der Waals surface area contributed by atoms with Crippen LogP contribution in [0, 0.1) is 0 Å². The van der Waals surface area contributed by atoms with Gasteiger partial charge in [0.25, 0.3) is 0 Å². The average Bonchev–Trinajstić information content (AvgIpc) is 2.76. The highest BCUT2D eigenvalue weighted by atomic mass is 32.2. The summed E-state index contributed by atoms with van der Waals surface area (Å²) in [5, 5.41) is 0. The fraction of sp³-hybridized carbons (Fsp3) is 0.684. The first-order valence-electron chi connectivity index (χ1n) is 9.15. The zero-order valence-electron chi connectivity index (χ0n) is 16.5. The van der Waals surface area contributed by atoms with E-state index in [1.54, 1.807) is 0 Å². The first kappa shape index (κ1) is 19.1. The molecule has 6 heteroatoms.